The Kier molecular flexibility index (Phi) is 6.24. The molecule has 1 unspecified atom stereocenters. The largest absolute Gasteiger partial charge is 0.416 e. The van der Waals surface area contributed by atoms with Gasteiger partial charge in [0, 0.05) is 38.3 Å². The summed E-state index contributed by atoms with van der Waals surface area (Å²) in [5.74, 6) is 0.460. The fourth-order valence-electron chi connectivity index (χ4n) is 5.13. The molecule has 1 N–H and O–H groups in total. The predicted molar refractivity (Wildman–Crippen MR) is 123 cm³/mol. The molecule has 1 aliphatic carbocycles. The van der Waals surface area contributed by atoms with Crippen molar-refractivity contribution in [2.45, 2.75) is 31.0 Å². The van der Waals surface area contributed by atoms with Crippen LogP contribution in [0.4, 0.5) is 13.2 Å². The van der Waals surface area contributed by atoms with Gasteiger partial charge in [0.25, 0.3) is 5.56 Å². The molecule has 3 aromatic rings. The lowest BCUT2D eigenvalue weighted by Gasteiger charge is -2.21. The molecule has 34 heavy (non-hydrogen) atoms. The van der Waals surface area contributed by atoms with Gasteiger partial charge in [-0.05, 0) is 43.0 Å². The number of hydrogen-bond acceptors (Lipinski definition) is 4. The highest BCUT2D eigenvalue weighted by molar-refractivity contribution is 5.85. The van der Waals surface area contributed by atoms with Gasteiger partial charge in [-0.3, -0.25) is 14.3 Å². The highest BCUT2D eigenvalue weighted by Gasteiger charge is 2.60. The molecule has 11 heteroatoms. The minimum absolute atomic E-state index is 0. The molecule has 1 saturated carbocycles. The van der Waals surface area contributed by atoms with Crippen LogP contribution in [0.1, 0.15) is 24.0 Å². The second-order valence-electron chi connectivity index (χ2n) is 9.11. The average Bonchev–Trinajstić information content (AvgIpc) is 3.09. The van der Waals surface area contributed by atoms with E-state index in [9.17, 15) is 22.8 Å². The summed E-state index contributed by atoms with van der Waals surface area (Å²) in [5, 5.41) is 0. The Bertz CT molecular complexity index is 1300. The summed E-state index contributed by atoms with van der Waals surface area (Å²) in [4.78, 5) is 33.2. The van der Waals surface area contributed by atoms with E-state index in [1.54, 1.807) is 42.5 Å². The third-order valence-corrected chi connectivity index (χ3v) is 6.98. The van der Waals surface area contributed by atoms with Crippen molar-refractivity contribution in [2.24, 2.45) is 13.0 Å². The van der Waals surface area contributed by atoms with Gasteiger partial charge in [0.2, 0.25) is 0 Å². The number of rotatable bonds is 6. The lowest BCUT2D eigenvalue weighted by atomic mass is 9.94. The maximum atomic E-state index is 12.9. The number of aryl methyl sites for hydroxylation is 2. The molecule has 0 amide bonds. The van der Waals surface area contributed by atoms with Gasteiger partial charge < -0.3 is 9.47 Å². The van der Waals surface area contributed by atoms with E-state index in [0.717, 1.165) is 31.6 Å². The number of nitrogens with zero attached hydrogens (tertiary/aromatic N) is 4. The van der Waals surface area contributed by atoms with Crippen LogP contribution in [0.25, 0.3) is 11.3 Å². The van der Waals surface area contributed by atoms with Crippen LogP contribution >= 0.6 is 12.4 Å². The third-order valence-electron chi connectivity index (χ3n) is 6.98. The number of aromatic amines is 1. The van der Waals surface area contributed by atoms with Crippen LogP contribution in [-0.4, -0.2) is 43.6 Å². The van der Waals surface area contributed by atoms with Gasteiger partial charge in [-0.25, -0.2) is 9.78 Å². The first kappa shape index (κ1) is 24.3. The maximum absolute atomic E-state index is 12.9. The summed E-state index contributed by atoms with van der Waals surface area (Å²) in [6.07, 6.45) is 2.14. The van der Waals surface area contributed by atoms with E-state index in [2.05, 4.69) is 14.9 Å². The second-order valence-corrected chi connectivity index (χ2v) is 9.11. The molecule has 0 spiro atoms. The Balaban J connectivity index is 0.00000274. The van der Waals surface area contributed by atoms with Crippen LogP contribution in [0.5, 0.6) is 0 Å². The Hall–Kier alpha value is -2.85. The van der Waals surface area contributed by atoms with Gasteiger partial charge in [-0.15, -0.1) is 12.4 Å². The molecule has 0 radical (unpaired) electrons. The van der Waals surface area contributed by atoms with E-state index in [1.807, 2.05) is 0 Å². The van der Waals surface area contributed by atoms with Gasteiger partial charge in [0.1, 0.15) is 0 Å². The van der Waals surface area contributed by atoms with Gasteiger partial charge >= 0.3 is 11.9 Å². The van der Waals surface area contributed by atoms with Crippen molar-refractivity contribution in [1.29, 1.82) is 0 Å². The minimum atomic E-state index is -4.32. The predicted octanol–water partition coefficient (Wildman–Crippen LogP) is 3.04. The monoisotopic (exact) mass is 495 g/mol. The molecule has 1 aliphatic heterocycles. The molecule has 1 saturated heterocycles. The SMILES string of the molecule is Cl.Cn1cncc1-c1cn(CCCN2CC3C[C@]3(c3ccc(C(F)(F)F)cc3)C2)c(=O)[nH]c1=O. The van der Waals surface area contributed by atoms with Crippen LogP contribution in [0, 0.1) is 5.92 Å². The van der Waals surface area contributed by atoms with Gasteiger partial charge in [0.05, 0.1) is 29.3 Å². The summed E-state index contributed by atoms with van der Waals surface area (Å²) < 4.78 is 41.8. The number of halogens is 4. The molecule has 2 aromatic heterocycles. The second kappa shape index (κ2) is 8.74. The maximum Gasteiger partial charge on any atom is 0.416 e. The molecule has 3 heterocycles. The lowest BCUT2D eigenvalue weighted by Crippen LogP contribution is -2.32. The van der Waals surface area contributed by atoms with E-state index >= 15 is 0 Å². The van der Waals surface area contributed by atoms with Crippen LogP contribution < -0.4 is 11.2 Å². The first-order valence-corrected chi connectivity index (χ1v) is 10.9. The van der Waals surface area contributed by atoms with Crippen molar-refractivity contribution in [3.63, 3.8) is 0 Å². The van der Waals surface area contributed by atoms with E-state index < -0.39 is 23.0 Å². The first-order valence-electron chi connectivity index (χ1n) is 10.9. The van der Waals surface area contributed by atoms with Crippen molar-refractivity contribution < 1.29 is 13.2 Å². The Morgan fingerprint density at radius 3 is 2.56 bits per heavy atom. The number of hydrogen-bond donors (Lipinski definition) is 1. The molecule has 7 nitrogen and oxygen atoms in total. The number of benzene rings is 1. The lowest BCUT2D eigenvalue weighted by molar-refractivity contribution is -0.137. The smallest absolute Gasteiger partial charge is 0.334 e. The van der Waals surface area contributed by atoms with E-state index in [4.69, 9.17) is 0 Å². The quantitative estimate of drug-likeness (QED) is 0.570. The van der Waals surface area contributed by atoms with Gasteiger partial charge in [0.15, 0.2) is 0 Å². The summed E-state index contributed by atoms with van der Waals surface area (Å²) in [7, 11) is 1.78. The number of imidazole rings is 1. The zero-order valence-corrected chi connectivity index (χ0v) is 19.3. The number of likely N-dealkylation sites (tertiary alicyclic amines) is 1. The summed E-state index contributed by atoms with van der Waals surface area (Å²) in [6.45, 7) is 2.94. The van der Waals surface area contributed by atoms with Crippen LogP contribution in [0.2, 0.25) is 0 Å². The van der Waals surface area contributed by atoms with Crippen molar-refractivity contribution in [1.82, 2.24) is 24.0 Å². The highest BCUT2D eigenvalue weighted by Crippen LogP contribution is 2.59. The summed E-state index contributed by atoms with van der Waals surface area (Å²) >= 11 is 0. The third kappa shape index (κ3) is 4.32. The molecule has 182 valence electrons. The first-order chi connectivity index (χ1) is 15.7. The number of nitrogens with one attached hydrogen (secondary N) is 1. The molecule has 1 aromatic carbocycles. The number of fused-ring (bicyclic) bond motifs is 1. The van der Waals surface area contributed by atoms with Gasteiger partial charge in [-0.2, -0.15) is 13.2 Å². The highest BCUT2D eigenvalue weighted by atomic mass is 35.5. The molecular weight excluding hydrogens is 471 g/mol. The topological polar surface area (TPSA) is 75.9 Å². The number of piperidine rings is 1. The molecular formula is C23H25ClF3N5O2. The normalized spacial score (nSPS) is 21.8. The van der Waals surface area contributed by atoms with Crippen LogP contribution in [0.15, 0.2) is 52.6 Å². The van der Waals surface area contributed by atoms with Crippen molar-refractivity contribution in [3.05, 3.63) is 75.0 Å². The molecule has 0 bridgehead atoms. The van der Waals surface area contributed by atoms with Crippen LogP contribution in [-0.2, 0) is 25.2 Å². The molecule has 2 aliphatic rings. The van der Waals surface area contributed by atoms with Crippen molar-refractivity contribution in [2.75, 3.05) is 19.6 Å². The van der Waals surface area contributed by atoms with E-state index in [0.29, 0.717) is 30.1 Å². The fraction of sp³-hybridized carbons (Fsp3) is 0.435. The van der Waals surface area contributed by atoms with E-state index in [1.165, 1.54) is 16.7 Å². The fourth-order valence-corrected chi connectivity index (χ4v) is 5.13. The number of aromatic nitrogens is 4. The summed E-state index contributed by atoms with van der Waals surface area (Å²) in [6, 6.07) is 5.58. The molecule has 2 fully saturated rings. The zero-order valence-electron chi connectivity index (χ0n) is 18.5. The Morgan fingerprint density at radius 2 is 1.91 bits per heavy atom. The minimum Gasteiger partial charge on any atom is -0.334 e. The van der Waals surface area contributed by atoms with Crippen molar-refractivity contribution in [3.8, 4) is 11.3 Å². The Morgan fingerprint density at radius 1 is 1.18 bits per heavy atom. The number of alkyl halides is 3. The van der Waals surface area contributed by atoms with Crippen LogP contribution in [0.3, 0.4) is 0 Å². The zero-order chi connectivity index (χ0) is 23.4. The molecule has 2 atom stereocenters. The molecule has 5 rings (SSSR count). The number of H-pyrrole nitrogens is 1. The van der Waals surface area contributed by atoms with Gasteiger partial charge in [-0.1, -0.05) is 12.1 Å². The van der Waals surface area contributed by atoms with E-state index in [-0.39, 0.29) is 17.8 Å². The van der Waals surface area contributed by atoms with Crippen molar-refractivity contribution >= 4 is 12.4 Å². The standard InChI is InChI=1S/C23H24F3N5O2.ClH/c1-29-14-27-10-19(29)18-12-31(21(33)28-20(18)32)8-2-7-30-11-17-9-22(17,13-30)15-3-5-16(6-4-15)23(24,25)26;/h3-6,10,12,14,17H,2,7-9,11,13H2,1H3,(H,28,32,33);1H/t17?,22-;/m1./s1. The average molecular weight is 496 g/mol. The summed E-state index contributed by atoms with van der Waals surface area (Å²) in [5.41, 5.74) is 0.425. The Labute approximate surface area is 199 Å².